The molecule has 1 unspecified atom stereocenters. The zero-order chi connectivity index (χ0) is 21.2. The van der Waals surface area contributed by atoms with Gasteiger partial charge in [0, 0.05) is 31.6 Å². The summed E-state index contributed by atoms with van der Waals surface area (Å²) in [5, 5.41) is 12.1. The molecule has 0 bridgehead atoms. The first-order valence-corrected chi connectivity index (χ1v) is 10.1. The highest BCUT2D eigenvalue weighted by atomic mass is 32.1. The van der Waals surface area contributed by atoms with Crippen LogP contribution in [-0.2, 0) is 0 Å². The number of aromatic nitrogens is 1. The Labute approximate surface area is 169 Å². The largest absolute Gasteiger partial charge is 0.393 e. The number of nitrogens with zero attached hydrogens (tertiary/aromatic N) is 2. The average Bonchev–Trinajstić information content (AvgIpc) is 2.95. The van der Waals surface area contributed by atoms with Crippen LogP contribution in [0, 0.1) is 0 Å². The summed E-state index contributed by atoms with van der Waals surface area (Å²) in [6.07, 6.45) is -2.35. The highest BCUT2D eigenvalue weighted by molar-refractivity contribution is 7.14. The molecule has 11 heteroatoms. The number of likely N-dealkylation sites (tertiary alicyclic amines) is 1. The lowest BCUT2D eigenvalue weighted by Gasteiger charge is -2.39. The van der Waals surface area contributed by atoms with Gasteiger partial charge in [-0.2, -0.15) is 0 Å². The summed E-state index contributed by atoms with van der Waals surface area (Å²) in [7, 11) is 0. The predicted octanol–water partition coefficient (Wildman–Crippen LogP) is 3.13. The third kappa shape index (κ3) is 4.72. The smallest absolute Gasteiger partial charge is 0.273 e. The van der Waals surface area contributed by atoms with Crippen molar-refractivity contribution in [3.63, 3.8) is 0 Å². The lowest BCUT2D eigenvalue weighted by molar-refractivity contribution is 0.0719. The van der Waals surface area contributed by atoms with Gasteiger partial charge in [-0.1, -0.05) is 0 Å². The summed E-state index contributed by atoms with van der Waals surface area (Å²) in [6, 6.07) is 0. The van der Waals surface area contributed by atoms with Crippen molar-refractivity contribution in [2.75, 3.05) is 18.8 Å². The van der Waals surface area contributed by atoms with Crippen LogP contribution in [0.4, 0.5) is 22.6 Å². The van der Waals surface area contributed by atoms with Gasteiger partial charge in [0.25, 0.3) is 5.91 Å². The van der Waals surface area contributed by atoms with Gasteiger partial charge in [0.05, 0.1) is 11.6 Å². The lowest BCUT2D eigenvalue weighted by atomic mass is 9.83. The number of thiazole rings is 1. The van der Waals surface area contributed by atoms with Crippen LogP contribution >= 0.6 is 11.3 Å². The van der Waals surface area contributed by atoms with E-state index in [0.29, 0.717) is 38.0 Å². The van der Waals surface area contributed by atoms with E-state index in [-0.39, 0.29) is 17.1 Å². The minimum atomic E-state index is -2.99. The minimum absolute atomic E-state index is 0.0487. The highest BCUT2D eigenvalue weighted by Gasteiger charge is 2.46. The molecule has 1 aromatic rings. The van der Waals surface area contributed by atoms with Gasteiger partial charge in [-0.25, -0.2) is 22.5 Å². The molecule has 1 amide bonds. The van der Waals surface area contributed by atoms with Crippen molar-refractivity contribution in [2.45, 2.75) is 50.2 Å². The summed E-state index contributed by atoms with van der Waals surface area (Å²) < 4.78 is 56.1. The van der Waals surface area contributed by atoms with Gasteiger partial charge >= 0.3 is 0 Å². The van der Waals surface area contributed by atoms with Gasteiger partial charge in [-0.15, -0.1) is 11.3 Å². The first-order chi connectivity index (χ1) is 13.7. The molecule has 29 heavy (non-hydrogen) atoms. The summed E-state index contributed by atoms with van der Waals surface area (Å²) in [5.74, 6) is -3.69. The number of nitrogens with one attached hydrogen (secondary N) is 1. The minimum Gasteiger partial charge on any atom is -0.393 e. The molecular weight excluding hydrogens is 412 g/mol. The Morgan fingerprint density at radius 1 is 1.41 bits per heavy atom. The van der Waals surface area contributed by atoms with Crippen molar-refractivity contribution in [3.05, 3.63) is 34.6 Å². The van der Waals surface area contributed by atoms with E-state index in [2.05, 4.69) is 10.3 Å². The molecule has 2 heterocycles. The SMILES string of the molecule is Nc1scnc1C(=O)NC1(CC(F)F)CC(N2CCC[C@H](O)CC2)=CC(F)=C1F. The van der Waals surface area contributed by atoms with E-state index in [4.69, 9.17) is 5.73 Å². The number of carbonyl (C=O) groups excluding carboxylic acids is 1. The maximum absolute atomic E-state index is 14.8. The topological polar surface area (TPSA) is 91.5 Å². The van der Waals surface area contributed by atoms with Crippen molar-refractivity contribution in [1.29, 1.82) is 0 Å². The molecule has 1 aliphatic carbocycles. The van der Waals surface area contributed by atoms with Gasteiger partial charge in [0.1, 0.15) is 10.5 Å². The van der Waals surface area contributed by atoms with Crippen LogP contribution in [0.15, 0.2) is 28.9 Å². The second-order valence-corrected chi connectivity index (χ2v) is 8.13. The van der Waals surface area contributed by atoms with Gasteiger partial charge in [-0.05, 0) is 25.3 Å². The second-order valence-electron chi connectivity index (χ2n) is 7.24. The fraction of sp³-hybridized carbons (Fsp3) is 0.556. The number of nitrogen functional groups attached to an aromatic ring is 1. The monoisotopic (exact) mass is 434 g/mol. The Morgan fingerprint density at radius 2 is 2.17 bits per heavy atom. The molecule has 2 aliphatic rings. The van der Waals surface area contributed by atoms with Gasteiger partial charge in [0.2, 0.25) is 6.43 Å². The standard InChI is InChI=1S/C18H22F4N4O2S/c19-12-6-10(26-4-1-2-11(27)3-5-26)7-18(15(12)22,8-13(20)21)25-17(28)14-16(23)29-9-24-14/h6,9,11,13,27H,1-5,7-8,23H2,(H,25,28)/t11-,18?/m0/s1. The maximum Gasteiger partial charge on any atom is 0.273 e. The van der Waals surface area contributed by atoms with E-state index in [0.717, 1.165) is 17.4 Å². The Hall–Kier alpha value is -2.14. The van der Waals surface area contributed by atoms with Crippen LogP contribution in [0.5, 0.6) is 0 Å². The zero-order valence-corrected chi connectivity index (χ0v) is 16.3. The number of aliphatic hydroxyl groups is 1. The van der Waals surface area contributed by atoms with Crippen LogP contribution in [-0.4, -0.2) is 52.1 Å². The third-order valence-corrected chi connectivity index (χ3v) is 5.83. The van der Waals surface area contributed by atoms with Gasteiger partial charge in [-0.3, -0.25) is 4.79 Å². The van der Waals surface area contributed by atoms with E-state index >= 15 is 0 Å². The van der Waals surface area contributed by atoms with E-state index in [1.54, 1.807) is 4.90 Å². The maximum atomic E-state index is 14.8. The second kappa shape index (κ2) is 8.70. The molecule has 1 aliphatic heterocycles. The van der Waals surface area contributed by atoms with Crippen LogP contribution in [0.3, 0.4) is 0 Å². The third-order valence-electron chi connectivity index (χ3n) is 5.18. The molecule has 0 spiro atoms. The van der Waals surface area contributed by atoms with Gasteiger partial charge < -0.3 is 21.1 Å². The number of aliphatic hydroxyl groups excluding tert-OH is 1. The fourth-order valence-corrected chi connectivity index (χ4v) is 4.25. The number of halogens is 4. The first kappa shape index (κ1) is 21.6. The Balaban J connectivity index is 1.92. The molecule has 2 atom stereocenters. The van der Waals surface area contributed by atoms with E-state index in [1.165, 1.54) is 5.51 Å². The number of allylic oxidation sites excluding steroid dienone is 2. The summed E-state index contributed by atoms with van der Waals surface area (Å²) in [5.41, 5.74) is 4.78. The molecule has 0 radical (unpaired) electrons. The van der Waals surface area contributed by atoms with Crippen molar-refractivity contribution in [3.8, 4) is 0 Å². The number of anilines is 1. The number of hydrogen-bond acceptors (Lipinski definition) is 6. The van der Waals surface area contributed by atoms with Crippen molar-refractivity contribution >= 4 is 22.2 Å². The fourth-order valence-electron chi connectivity index (χ4n) is 3.72. The van der Waals surface area contributed by atoms with Crippen molar-refractivity contribution in [2.24, 2.45) is 0 Å². The van der Waals surface area contributed by atoms with Crippen LogP contribution in [0.1, 0.15) is 42.6 Å². The van der Waals surface area contributed by atoms with E-state index < -0.39 is 42.1 Å². The Morgan fingerprint density at radius 3 is 2.83 bits per heavy atom. The quantitative estimate of drug-likeness (QED) is 0.620. The summed E-state index contributed by atoms with van der Waals surface area (Å²) in [4.78, 5) is 18.1. The van der Waals surface area contributed by atoms with Crippen molar-refractivity contribution in [1.82, 2.24) is 15.2 Å². The zero-order valence-electron chi connectivity index (χ0n) is 15.5. The molecule has 3 rings (SSSR count). The number of amides is 1. The molecular formula is C18H22F4N4O2S. The number of hydrogen-bond donors (Lipinski definition) is 3. The summed E-state index contributed by atoms with van der Waals surface area (Å²) in [6.45, 7) is 0.842. The van der Waals surface area contributed by atoms with Crippen LogP contribution in [0.2, 0.25) is 0 Å². The van der Waals surface area contributed by atoms with Crippen LogP contribution < -0.4 is 11.1 Å². The number of alkyl halides is 2. The number of rotatable bonds is 5. The first-order valence-electron chi connectivity index (χ1n) is 9.21. The number of carbonyl (C=O) groups is 1. The molecule has 1 saturated heterocycles. The van der Waals surface area contributed by atoms with Crippen LogP contribution in [0.25, 0.3) is 0 Å². The van der Waals surface area contributed by atoms with E-state index in [1.807, 2.05) is 0 Å². The average molecular weight is 434 g/mol. The van der Waals surface area contributed by atoms with Crippen molar-refractivity contribution < 1.29 is 27.5 Å². The molecule has 1 aromatic heterocycles. The Bertz CT molecular complexity index is 829. The lowest BCUT2D eigenvalue weighted by Crippen LogP contribution is -2.53. The van der Waals surface area contributed by atoms with Gasteiger partial charge in [0.15, 0.2) is 17.3 Å². The summed E-state index contributed by atoms with van der Waals surface area (Å²) >= 11 is 0.969. The normalized spacial score (nSPS) is 25.8. The number of nitrogens with two attached hydrogens (primary N) is 1. The molecule has 6 nitrogen and oxygen atoms in total. The molecule has 1 fully saturated rings. The molecule has 4 N–H and O–H groups in total. The highest BCUT2D eigenvalue weighted by Crippen LogP contribution is 2.41. The molecule has 0 saturated carbocycles. The molecule has 160 valence electrons. The Kier molecular flexibility index (Phi) is 6.47. The van der Waals surface area contributed by atoms with E-state index in [9.17, 15) is 27.5 Å². The molecule has 0 aromatic carbocycles. The predicted molar refractivity (Wildman–Crippen MR) is 101 cm³/mol.